The van der Waals surface area contributed by atoms with Crippen molar-refractivity contribution in [3.05, 3.63) is 35.9 Å². The van der Waals surface area contributed by atoms with Crippen LogP contribution in [0.15, 0.2) is 30.3 Å². The summed E-state index contributed by atoms with van der Waals surface area (Å²) in [6, 6.07) is 9.46. The van der Waals surface area contributed by atoms with Gasteiger partial charge in [0, 0.05) is 18.5 Å². The van der Waals surface area contributed by atoms with Gasteiger partial charge < -0.3 is 5.32 Å². The van der Waals surface area contributed by atoms with Gasteiger partial charge in [-0.1, -0.05) is 30.3 Å². The number of hydrogen-bond donors (Lipinski definition) is 1. The third-order valence-corrected chi connectivity index (χ3v) is 3.66. The van der Waals surface area contributed by atoms with Crippen molar-refractivity contribution in [2.24, 2.45) is 5.92 Å². The van der Waals surface area contributed by atoms with Gasteiger partial charge in [-0.25, -0.2) is 0 Å². The zero-order valence-electron chi connectivity index (χ0n) is 11.3. The number of rotatable bonds is 4. The van der Waals surface area contributed by atoms with E-state index in [-0.39, 0.29) is 17.6 Å². The molecule has 1 amide bonds. The van der Waals surface area contributed by atoms with Crippen LogP contribution in [-0.2, 0) is 4.79 Å². The van der Waals surface area contributed by atoms with Gasteiger partial charge in [0.25, 0.3) is 0 Å². The number of amides is 1. The van der Waals surface area contributed by atoms with Crippen LogP contribution in [0, 0.1) is 5.92 Å². The molecule has 19 heavy (non-hydrogen) atoms. The maximum Gasteiger partial charge on any atom is 0.233 e. The number of carbonyl (C=O) groups is 2. The molecule has 1 N–H and O–H groups in total. The Kier molecular flexibility index (Phi) is 4.68. The predicted molar refractivity (Wildman–Crippen MR) is 74.0 cm³/mol. The fourth-order valence-electron chi connectivity index (χ4n) is 2.47. The summed E-state index contributed by atoms with van der Waals surface area (Å²) >= 11 is 0. The molecule has 0 aromatic heterocycles. The lowest BCUT2D eigenvalue weighted by molar-refractivity contribution is -0.122. The van der Waals surface area contributed by atoms with E-state index < -0.39 is 0 Å². The Labute approximate surface area is 113 Å². The molecule has 0 unspecified atom stereocenters. The summed E-state index contributed by atoms with van der Waals surface area (Å²) < 4.78 is 0. The predicted octanol–water partition coefficient (Wildman–Crippen LogP) is 1.33. The molecule has 4 nitrogen and oxygen atoms in total. The van der Waals surface area contributed by atoms with Gasteiger partial charge in [0.05, 0.1) is 6.54 Å². The molecule has 1 aromatic carbocycles. The average molecular weight is 260 g/mol. The molecule has 1 aromatic rings. The molecular formula is C15H20N2O2. The van der Waals surface area contributed by atoms with E-state index in [1.54, 1.807) is 7.05 Å². The summed E-state index contributed by atoms with van der Waals surface area (Å²) in [5.41, 5.74) is 0.798. The minimum atomic E-state index is 0.0350. The van der Waals surface area contributed by atoms with Crippen molar-refractivity contribution in [3.63, 3.8) is 0 Å². The topological polar surface area (TPSA) is 49.4 Å². The minimum absolute atomic E-state index is 0.0350. The summed E-state index contributed by atoms with van der Waals surface area (Å²) in [6.07, 6.45) is 1.68. The molecule has 0 atom stereocenters. The van der Waals surface area contributed by atoms with Crippen LogP contribution in [0.25, 0.3) is 0 Å². The lowest BCUT2D eigenvalue weighted by Crippen LogP contribution is -2.41. The fraction of sp³-hybridized carbons (Fsp3) is 0.467. The fourth-order valence-corrected chi connectivity index (χ4v) is 2.47. The monoisotopic (exact) mass is 260 g/mol. The maximum absolute atomic E-state index is 12.3. The van der Waals surface area contributed by atoms with Crippen molar-refractivity contribution in [1.82, 2.24) is 10.2 Å². The number of hydrogen-bond acceptors (Lipinski definition) is 3. The van der Waals surface area contributed by atoms with Crippen molar-refractivity contribution < 1.29 is 9.59 Å². The molecule has 4 heteroatoms. The SMILES string of the molecule is CNC(=O)CN1CCC(C(=O)c2ccccc2)CC1. The lowest BCUT2D eigenvalue weighted by atomic mass is 9.89. The van der Waals surface area contributed by atoms with E-state index in [1.165, 1.54) is 0 Å². The van der Waals surface area contributed by atoms with E-state index in [4.69, 9.17) is 0 Å². The number of carbonyl (C=O) groups excluding carboxylic acids is 2. The van der Waals surface area contributed by atoms with Gasteiger partial charge >= 0.3 is 0 Å². The summed E-state index contributed by atoms with van der Waals surface area (Å²) in [4.78, 5) is 25.7. The Morgan fingerprint density at radius 3 is 2.42 bits per heavy atom. The average Bonchev–Trinajstić information content (AvgIpc) is 2.48. The number of benzene rings is 1. The molecule has 1 heterocycles. The van der Waals surface area contributed by atoms with Crippen LogP contribution >= 0.6 is 0 Å². The Balaban J connectivity index is 1.86. The molecule has 1 fully saturated rings. The van der Waals surface area contributed by atoms with E-state index in [1.807, 2.05) is 30.3 Å². The van der Waals surface area contributed by atoms with Crippen LogP contribution in [0.1, 0.15) is 23.2 Å². The van der Waals surface area contributed by atoms with Gasteiger partial charge in [-0.05, 0) is 25.9 Å². The Hall–Kier alpha value is -1.68. The minimum Gasteiger partial charge on any atom is -0.358 e. The van der Waals surface area contributed by atoms with Crippen LogP contribution < -0.4 is 5.32 Å². The van der Waals surface area contributed by atoms with Gasteiger partial charge in [-0.3, -0.25) is 14.5 Å². The van der Waals surface area contributed by atoms with Crippen molar-refractivity contribution in [2.45, 2.75) is 12.8 Å². The smallest absolute Gasteiger partial charge is 0.233 e. The molecule has 0 radical (unpaired) electrons. The Bertz CT molecular complexity index is 437. The third kappa shape index (κ3) is 3.64. The van der Waals surface area contributed by atoms with Crippen LogP contribution in [0.4, 0.5) is 0 Å². The van der Waals surface area contributed by atoms with Crippen LogP contribution in [0.2, 0.25) is 0 Å². The molecule has 1 aliphatic heterocycles. The van der Waals surface area contributed by atoms with Gasteiger partial charge in [0.1, 0.15) is 0 Å². The molecule has 0 spiro atoms. The second-order valence-corrected chi connectivity index (χ2v) is 4.95. The first-order chi connectivity index (χ1) is 9.20. The van der Waals surface area contributed by atoms with Crippen molar-refractivity contribution in [3.8, 4) is 0 Å². The number of ketones is 1. The zero-order valence-corrected chi connectivity index (χ0v) is 11.3. The highest BCUT2D eigenvalue weighted by Crippen LogP contribution is 2.21. The lowest BCUT2D eigenvalue weighted by Gasteiger charge is -2.30. The van der Waals surface area contributed by atoms with E-state index in [0.29, 0.717) is 6.54 Å². The number of likely N-dealkylation sites (tertiary alicyclic amines) is 1. The largest absolute Gasteiger partial charge is 0.358 e. The zero-order chi connectivity index (χ0) is 13.7. The quantitative estimate of drug-likeness (QED) is 0.831. The van der Waals surface area contributed by atoms with Crippen molar-refractivity contribution >= 4 is 11.7 Å². The normalized spacial score (nSPS) is 17.1. The third-order valence-electron chi connectivity index (χ3n) is 3.66. The highest BCUT2D eigenvalue weighted by molar-refractivity contribution is 5.97. The van der Waals surface area contributed by atoms with E-state index >= 15 is 0 Å². The summed E-state index contributed by atoms with van der Waals surface area (Å²) in [5.74, 6) is 0.372. The number of nitrogens with zero attached hydrogens (tertiary/aromatic N) is 1. The van der Waals surface area contributed by atoms with Crippen LogP contribution in [0.5, 0.6) is 0 Å². The summed E-state index contributed by atoms with van der Waals surface area (Å²) in [7, 11) is 1.65. The van der Waals surface area contributed by atoms with Gasteiger partial charge in [0.15, 0.2) is 5.78 Å². The summed E-state index contributed by atoms with van der Waals surface area (Å²) in [5, 5.41) is 2.62. The Morgan fingerprint density at radius 1 is 1.21 bits per heavy atom. The molecule has 2 rings (SSSR count). The van der Waals surface area contributed by atoms with Gasteiger partial charge in [-0.2, -0.15) is 0 Å². The van der Waals surface area contributed by atoms with E-state index in [9.17, 15) is 9.59 Å². The number of likely N-dealkylation sites (N-methyl/N-ethyl adjacent to an activating group) is 1. The first-order valence-corrected chi connectivity index (χ1v) is 6.73. The van der Waals surface area contributed by atoms with Crippen LogP contribution in [-0.4, -0.2) is 43.3 Å². The summed E-state index contributed by atoms with van der Waals surface area (Å²) in [6.45, 7) is 2.07. The Morgan fingerprint density at radius 2 is 1.84 bits per heavy atom. The standard InChI is InChI=1S/C15H20N2O2/c1-16-14(18)11-17-9-7-13(8-10-17)15(19)12-5-3-2-4-6-12/h2-6,13H,7-11H2,1H3,(H,16,18). The molecule has 1 saturated heterocycles. The second-order valence-electron chi connectivity index (χ2n) is 4.95. The van der Waals surface area contributed by atoms with Crippen molar-refractivity contribution in [2.75, 3.05) is 26.7 Å². The van der Waals surface area contributed by atoms with Crippen LogP contribution in [0.3, 0.4) is 0 Å². The molecule has 0 saturated carbocycles. The molecule has 102 valence electrons. The first-order valence-electron chi connectivity index (χ1n) is 6.73. The second kappa shape index (κ2) is 6.48. The number of nitrogens with one attached hydrogen (secondary N) is 1. The maximum atomic E-state index is 12.3. The highest BCUT2D eigenvalue weighted by atomic mass is 16.2. The van der Waals surface area contributed by atoms with E-state index in [0.717, 1.165) is 31.5 Å². The first kappa shape index (κ1) is 13.7. The molecular weight excluding hydrogens is 240 g/mol. The highest BCUT2D eigenvalue weighted by Gasteiger charge is 2.26. The van der Waals surface area contributed by atoms with E-state index in [2.05, 4.69) is 10.2 Å². The molecule has 0 aliphatic carbocycles. The molecule has 0 bridgehead atoms. The number of Topliss-reactive ketones (excluding diaryl/α,β-unsaturated/α-hetero) is 1. The van der Waals surface area contributed by atoms with Gasteiger partial charge in [-0.15, -0.1) is 0 Å². The van der Waals surface area contributed by atoms with Gasteiger partial charge in [0.2, 0.25) is 5.91 Å². The molecule has 1 aliphatic rings. The number of piperidine rings is 1. The van der Waals surface area contributed by atoms with Crippen molar-refractivity contribution in [1.29, 1.82) is 0 Å².